The van der Waals surface area contributed by atoms with Crippen molar-refractivity contribution >= 4 is 5.97 Å². The van der Waals surface area contributed by atoms with Gasteiger partial charge in [0, 0.05) is 0 Å². The van der Waals surface area contributed by atoms with Gasteiger partial charge in [0.05, 0.1) is 12.7 Å². The average Bonchev–Trinajstić information content (AvgIpc) is 2.51. The van der Waals surface area contributed by atoms with Gasteiger partial charge in [0.1, 0.15) is 11.5 Å². The number of para-hydroxylation sites is 1. The number of esters is 1. The molecular formula is C17H15NO3. The van der Waals surface area contributed by atoms with Crippen LogP contribution in [0.4, 0.5) is 0 Å². The lowest BCUT2D eigenvalue weighted by Crippen LogP contribution is -2.14. The minimum atomic E-state index is -0.907. The summed E-state index contributed by atoms with van der Waals surface area (Å²) in [5, 5.41) is 9.10. The molecule has 4 heteroatoms. The van der Waals surface area contributed by atoms with Crippen LogP contribution in [0, 0.1) is 11.3 Å². The van der Waals surface area contributed by atoms with Gasteiger partial charge in [0.2, 0.25) is 0 Å². The summed E-state index contributed by atoms with van der Waals surface area (Å²) in [7, 11) is 0. The number of nitrogens with zero attached hydrogens (tertiary/aromatic N) is 1. The van der Waals surface area contributed by atoms with E-state index in [9.17, 15) is 4.79 Å². The van der Waals surface area contributed by atoms with E-state index in [0.29, 0.717) is 11.3 Å². The Hall–Kier alpha value is -2.80. The predicted molar refractivity (Wildman–Crippen MR) is 77.9 cm³/mol. The van der Waals surface area contributed by atoms with Crippen molar-refractivity contribution in [2.75, 3.05) is 6.61 Å². The van der Waals surface area contributed by atoms with Gasteiger partial charge in [0.25, 0.3) is 0 Å². The van der Waals surface area contributed by atoms with Crippen molar-refractivity contribution in [3.8, 4) is 17.6 Å². The molecule has 0 heterocycles. The second kappa shape index (κ2) is 7.11. The van der Waals surface area contributed by atoms with Crippen molar-refractivity contribution in [2.24, 2.45) is 0 Å². The van der Waals surface area contributed by atoms with E-state index in [0.717, 1.165) is 5.75 Å². The highest BCUT2D eigenvalue weighted by Gasteiger charge is 2.21. The first-order valence-corrected chi connectivity index (χ1v) is 6.63. The standard InChI is InChI=1S/C17H15NO3/c1-2-20-17(19)16(12-18)13-8-10-15(11-9-13)21-14-6-4-3-5-7-14/h3-11,16H,2H2,1H3/t16-/m0/s1. The van der Waals surface area contributed by atoms with E-state index in [2.05, 4.69) is 0 Å². The van der Waals surface area contributed by atoms with Crippen LogP contribution in [-0.2, 0) is 9.53 Å². The number of nitriles is 1. The lowest BCUT2D eigenvalue weighted by molar-refractivity contribution is -0.143. The van der Waals surface area contributed by atoms with Crippen LogP contribution in [0.3, 0.4) is 0 Å². The van der Waals surface area contributed by atoms with E-state index in [1.165, 1.54) is 0 Å². The molecule has 0 unspecified atom stereocenters. The van der Waals surface area contributed by atoms with Crippen molar-refractivity contribution in [3.05, 3.63) is 60.2 Å². The molecule has 0 saturated heterocycles. The topological polar surface area (TPSA) is 59.3 Å². The van der Waals surface area contributed by atoms with E-state index in [4.69, 9.17) is 14.7 Å². The van der Waals surface area contributed by atoms with Gasteiger partial charge in [-0.2, -0.15) is 5.26 Å². The number of carbonyl (C=O) groups is 1. The molecule has 2 aromatic carbocycles. The Morgan fingerprint density at radius 2 is 1.71 bits per heavy atom. The highest BCUT2D eigenvalue weighted by molar-refractivity contribution is 5.81. The van der Waals surface area contributed by atoms with Crippen LogP contribution in [0.1, 0.15) is 18.4 Å². The molecule has 0 aliphatic carbocycles. The highest BCUT2D eigenvalue weighted by atomic mass is 16.5. The third-order valence-corrected chi connectivity index (χ3v) is 2.84. The lowest BCUT2D eigenvalue weighted by atomic mass is 10.0. The normalized spacial score (nSPS) is 11.2. The molecule has 0 fully saturated rings. The Labute approximate surface area is 123 Å². The van der Waals surface area contributed by atoms with Gasteiger partial charge in [0.15, 0.2) is 5.92 Å². The van der Waals surface area contributed by atoms with Crippen LogP contribution in [0.5, 0.6) is 11.5 Å². The fourth-order valence-electron chi connectivity index (χ4n) is 1.84. The van der Waals surface area contributed by atoms with Crippen LogP contribution in [-0.4, -0.2) is 12.6 Å². The van der Waals surface area contributed by atoms with E-state index in [1.54, 1.807) is 31.2 Å². The molecule has 0 radical (unpaired) electrons. The molecule has 0 aliphatic heterocycles. The molecule has 0 amide bonds. The molecule has 0 aromatic heterocycles. The van der Waals surface area contributed by atoms with Crippen LogP contribution < -0.4 is 4.74 Å². The summed E-state index contributed by atoms with van der Waals surface area (Å²) in [4.78, 5) is 11.7. The maximum atomic E-state index is 11.7. The first-order valence-electron chi connectivity index (χ1n) is 6.63. The van der Waals surface area contributed by atoms with E-state index >= 15 is 0 Å². The fraction of sp³-hybridized carbons (Fsp3) is 0.176. The minimum Gasteiger partial charge on any atom is -0.465 e. The molecule has 4 nitrogen and oxygen atoms in total. The Morgan fingerprint density at radius 3 is 2.29 bits per heavy atom. The summed E-state index contributed by atoms with van der Waals surface area (Å²) in [6.07, 6.45) is 0. The summed E-state index contributed by atoms with van der Waals surface area (Å²) in [5.74, 6) is -0.0644. The van der Waals surface area contributed by atoms with Crippen molar-refractivity contribution in [2.45, 2.75) is 12.8 Å². The Morgan fingerprint density at radius 1 is 1.10 bits per heavy atom. The molecule has 0 N–H and O–H groups in total. The summed E-state index contributed by atoms with van der Waals surface area (Å²) >= 11 is 0. The summed E-state index contributed by atoms with van der Waals surface area (Å²) in [6.45, 7) is 1.97. The van der Waals surface area contributed by atoms with Crippen molar-refractivity contribution in [1.82, 2.24) is 0 Å². The molecule has 0 saturated carbocycles. The van der Waals surface area contributed by atoms with Crippen molar-refractivity contribution < 1.29 is 14.3 Å². The number of ether oxygens (including phenoxy) is 2. The van der Waals surface area contributed by atoms with Gasteiger partial charge in [-0.1, -0.05) is 30.3 Å². The molecule has 2 aromatic rings. The lowest BCUT2D eigenvalue weighted by Gasteiger charge is -2.10. The molecule has 1 atom stereocenters. The Kier molecular flexibility index (Phi) is 4.94. The molecule has 0 aliphatic rings. The molecule has 21 heavy (non-hydrogen) atoms. The smallest absolute Gasteiger partial charge is 0.327 e. The second-order valence-corrected chi connectivity index (χ2v) is 4.30. The van der Waals surface area contributed by atoms with Crippen LogP contribution >= 0.6 is 0 Å². The summed E-state index contributed by atoms with van der Waals surface area (Å²) in [6, 6.07) is 18.2. The zero-order valence-corrected chi connectivity index (χ0v) is 11.7. The minimum absolute atomic E-state index is 0.256. The van der Waals surface area contributed by atoms with E-state index < -0.39 is 11.9 Å². The molecule has 0 bridgehead atoms. The molecule has 106 valence electrons. The monoisotopic (exact) mass is 281 g/mol. The van der Waals surface area contributed by atoms with Gasteiger partial charge >= 0.3 is 5.97 Å². The summed E-state index contributed by atoms with van der Waals surface area (Å²) < 4.78 is 10.5. The van der Waals surface area contributed by atoms with Gasteiger partial charge < -0.3 is 9.47 Å². The Bertz CT molecular complexity index is 629. The van der Waals surface area contributed by atoms with Gasteiger partial charge in [-0.05, 0) is 36.8 Å². The third kappa shape index (κ3) is 3.83. The maximum Gasteiger partial charge on any atom is 0.327 e. The van der Waals surface area contributed by atoms with Crippen LogP contribution in [0.25, 0.3) is 0 Å². The third-order valence-electron chi connectivity index (χ3n) is 2.84. The number of carbonyl (C=O) groups excluding carboxylic acids is 1. The zero-order chi connectivity index (χ0) is 15.1. The number of benzene rings is 2. The van der Waals surface area contributed by atoms with Gasteiger partial charge in [-0.3, -0.25) is 4.79 Å². The maximum absolute atomic E-state index is 11.7. The SMILES string of the molecule is CCOC(=O)[C@@H](C#N)c1ccc(Oc2ccccc2)cc1. The Balaban J connectivity index is 2.11. The fourth-order valence-corrected chi connectivity index (χ4v) is 1.84. The molecular weight excluding hydrogens is 266 g/mol. The number of rotatable bonds is 5. The quantitative estimate of drug-likeness (QED) is 0.785. The number of hydrogen-bond acceptors (Lipinski definition) is 4. The number of hydrogen-bond donors (Lipinski definition) is 0. The average molecular weight is 281 g/mol. The predicted octanol–water partition coefficient (Wildman–Crippen LogP) is 3.65. The second-order valence-electron chi connectivity index (χ2n) is 4.30. The van der Waals surface area contributed by atoms with Crippen molar-refractivity contribution in [1.29, 1.82) is 5.26 Å². The zero-order valence-electron chi connectivity index (χ0n) is 11.7. The molecule has 2 rings (SSSR count). The highest BCUT2D eigenvalue weighted by Crippen LogP contribution is 2.24. The molecule has 0 spiro atoms. The van der Waals surface area contributed by atoms with Gasteiger partial charge in [-0.15, -0.1) is 0 Å². The van der Waals surface area contributed by atoms with E-state index in [1.807, 2.05) is 36.4 Å². The van der Waals surface area contributed by atoms with E-state index in [-0.39, 0.29) is 6.61 Å². The largest absolute Gasteiger partial charge is 0.465 e. The van der Waals surface area contributed by atoms with Crippen LogP contribution in [0.2, 0.25) is 0 Å². The van der Waals surface area contributed by atoms with Gasteiger partial charge in [-0.25, -0.2) is 0 Å². The van der Waals surface area contributed by atoms with Crippen LogP contribution in [0.15, 0.2) is 54.6 Å². The van der Waals surface area contributed by atoms with Crippen molar-refractivity contribution in [3.63, 3.8) is 0 Å². The summed E-state index contributed by atoms with van der Waals surface area (Å²) in [5.41, 5.74) is 0.594. The first-order chi connectivity index (χ1) is 10.2. The first kappa shape index (κ1) is 14.6.